The Bertz CT molecular complexity index is 285. The van der Waals surface area contributed by atoms with Crippen LogP contribution in [0.3, 0.4) is 0 Å². The van der Waals surface area contributed by atoms with E-state index in [1.54, 1.807) is 26.0 Å². The first-order chi connectivity index (χ1) is 7.67. The van der Waals surface area contributed by atoms with Crippen molar-refractivity contribution in [2.75, 3.05) is 0 Å². The van der Waals surface area contributed by atoms with Crippen molar-refractivity contribution < 1.29 is 19.1 Å². The van der Waals surface area contributed by atoms with E-state index in [4.69, 9.17) is 9.47 Å². The van der Waals surface area contributed by atoms with Crippen LogP contribution in [0.1, 0.15) is 26.7 Å². The molecule has 0 aromatic rings. The maximum Gasteiger partial charge on any atom is 0.330 e. The second-order valence-corrected chi connectivity index (χ2v) is 3.53. The fourth-order valence-electron chi connectivity index (χ4n) is 1.36. The zero-order valence-electron chi connectivity index (χ0n) is 9.51. The molecule has 2 atom stereocenters. The van der Waals surface area contributed by atoms with E-state index >= 15 is 0 Å². The second-order valence-electron chi connectivity index (χ2n) is 3.53. The van der Waals surface area contributed by atoms with Gasteiger partial charge in [0.1, 0.15) is 12.2 Å². The van der Waals surface area contributed by atoms with E-state index in [1.165, 1.54) is 12.2 Å². The van der Waals surface area contributed by atoms with Crippen LogP contribution in [0.15, 0.2) is 24.3 Å². The Morgan fingerprint density at radius 2 is 1.31 bits per heavy atom. The molecule has 4 nitrogen and oxygen atoms in total. The fourth-order valence-corrected chi connectivity index (χ4v) is 1.36. The number of hydrogen-bond acceptors (Lipinski definition) is 4. The summed E-state index contributed by atoms with van der Waals surface area (Å²) in [6.45, 7) is 3.48. The van der Waals surface area contributed by atoms with Crippen LogP contribution in [-0.4, -0.2) is 24.1 Å². The third-order valence-corrected chi connectivity index (χ3v) is 2.29. The summed E-state index contributed by atoms with van der Waals surface area (Å²) >= 11 is 0. The molecular formula is C12H16O4. The van der Waals surface area contributed by atoms with Crippen molar-refractivity contribution in [3.63, 3.8) is 0 Å². The van der Waals surface area contributed by atoms with Gasteiger partial charge in [0, 0.05) is 12.2 Å². The van der Waals surface area contributed by atoms with E-state index in [0.717, 1.165) is 12.8 Å². The highest BCUT2D eigenvalue weighted by Crippen LogP contribution is 2.26. The Labute approximate surface area is 94.9 Å². The molecule has 2 unspecified atom stereocenters. The molecule has 1 aliphatic carbocycles. The number of carbonyl (C=O) groups is 2. The first-order valence-corrected chi connectivity index (χ1v) is 5.34. The standard InChI is InChI=1S/C12H16O4/c1-3-5-11(13)15-9-7-8-10(9)16-12(14)6-4-2/h3-6,9-10H,7-8H2,1-2H3/b5-3-,6-4-. The van der Waals surface area contributed by atoms with Gasteiger partial charge in [0.2, 0.25) is 0 Å². The summed E-state index contributed by atoms with van der Waals surface area (Å²) in [6.07, 6.45) is 6.83. The molecule has 88 valence electrons. The van der Waals surface area contributed by atoms with Crippen LogP contribution in [0.2, 0.25) is 0 Å². The molecule has 1 aliphatic rings. The third kappa shape index (κ3) is 3.53. The maximum absolute atomic E-state index is 11.1. The lowest BCUT2D eigenvalue weighted by Gasteiger charge is -2.34. The van der Waals surface area contributed by atoms with Gasteiger partial charge in [0.15, 0.2) is 0 Å². The van der Waals surface area contributed by atoms with Gasteiger partial charge >= 0.3 is 11.9 Å². The first kappa shape index (κ1) is 12.5. The lowest BCUT2D eigenvalue weighted by atomic mass is 9.92. The van der Waals surface area contributed by atoms with Gasteiger partial charge < -0.3 is 9.47 Å². The van der Waals surface area contributed by atoms with Crippen LogP contribution in [0.5, 0.6) is 0 Å². The number of carbonyl (C=O) groups excluding carboxylic acids is 2. The van der Waals surface area contributed by atoms with Gasteiger partial charge in [-0.15, -0.1) is 0 Å². The maximum atomic E-state index is 11.1. The zero-order valence-corrected chi connectivity index (χ0v) is 9.51. The molecule has 0 radical (unpaired) electrons. The predicted octanol–water partition coefficient (Wildman–Crippen LogP) is 1.76. The molecule has 0 amide bonds. The molecule has 1 rings (SSSR count). The van der Waals surface area contributed by atoms with Gasteiger partial charge in [0.25, 0.3) is 0 Å². The SMILES string of the molecule is C/C=C\C(=O)OC1CCC1OC(=O)/C=C\C. The van der Waals surface area contributed by atoms with E-state index in [-0.39, 0.29) is 24.1 Å². The topological polar surface area (TPSA) is 52.6 Å². The number of ether oxygens (including phenoxy) is 2. The van der Waals surface area contributed by atoms with Crippen LogP contribution >= 0.6 is 0 Å². The average Bonchev–Trinajstić information content (AvgIpc) is 2.22. The van der Waals surface area contributed by atoms with Crippen molar-refractivity contribution in [3.05, 3.63) is 24.3 Å². The molecule has 0 heterocycles. The first-order valence-electron chi connectivity index (χ1n) is 5.34. The van der Waals surface area contributed by atoms with Crippen LogP contribution in [-0.2, 0) is 19.1 Å². The van der Waals surface area contributed by atoms with Crippen LogP contribution < -0.4 is 0 Å². The van der Waals surface area contributed by atoms with Crippen molar-refractivity contribution in [2.45, 2.75) is 38.9 Å². The minimum Gasteiger partial charge on any atom is -0.455 e. The minimum atomic E-state index is -0.390. The number of allylic oxidation sites excluding steroid dienone is 2. The molecule has 0 N–H and O–H groups in total. The van der Waals surface area contributed by atoms with Gasteiger partial charge in [-0.2, -0.15) is 0 Å². The summed E-state index contributed by atoms with van der Waals surface area (Å²) in [5.74, 6) is -0.779. The third-order valence-electron chi connectivity index (χ3n) is 2.29. The molecule has 0 aromatic heterocycles. The highest BCUT2D eigenvalue weighted by atomic mass is 16.6. The molecule has 0 spiro atoms. The van der Waals surface area contributed by atoms with Crippen LogP contribution in [0.25, 0.3) is 0 Å². The Balaban J connectivity index is 2.35. The number of esters is 2. The average molecular weight is 224 g/mol. The van der Waals surface area contributed by atoms with Crippen molar-refractivity contribution in [1.29, 1.82) is 0 Å². The molecule has 1 saturated carbocycles. The molecule has 1 fully saturated rings. The minimum absolute atomic E-state index is 0.294. The summed E-state index contributed by atoms with van der Waals surface area (Å²) in [4.78, 5) is 22.3. The summed E-state index contributed by atoms with van der Waals surface area (Å²) in [5, 5.41) is 0. The number of rotatable bonds is 4. The van der Waals surface area contributed by atoms with Crippen molar-refractivity contribution >= 4 is 11.9 Å². The largest absolute Gasteiger partial charge is 0.455 e. The lowest BCUT2D eigenvalue weighted by molar-refractivity contribution is -0.174. The molecular weight excluding hydrogens is 208 g/mol. The monoisotopic (exact) mass is 224 g/mol. The van der Waals surface area contributed by atoms with E-state index in [0.29, 0.717) is 0 Å². The summed E-state index contributed by atoms with van der Waals surface area (Å²) in [7, 11) is 0. The van der Waals surface area contributed by atoms with Crippen molar-refractivity contribution in [1.82, 2.24) is 0 Å². The normalized spacial score (nSPS) is 24.4. The highest BCUT2D eigenvalue weighted by Gasteiger charge is 2.36. The van der Waals surface area contributed by atoms with Gasteiger partial charge in [-0.1, -0.05) is 12.2 Å². The molecule has 4 heteroatoms. The molecule has 0 saturated heterocycles. The van der Waals surface area contributed by atoms with Crippen molar-refractivity contribution in [3.8, 4) is 0 Å². The molecule has 0 bridgehead atoms. The van der Waals surface area contributed by atoms with E-state index in [2.05, 4.69) is 0 Å². The Kier molecular flexibility index (Phi) is 4.76. The van der Waals surface area contributed by atoms with E-state index in [1.807, 2.05) is 0 Å². The highest BCUT2D eigenvalue weighted by molar-refractivity contribution is 5.83. The molecule has 16 heavy (non-hydrogen) atoms. The van der Waals surface area contributed by atoms with Gasteiger partial charge in [-0.05, 0) is 26.7 Å². The van der Waals surface area contributed by atoms with Crippen molar-refractivity contribution in [2.24, 2.45) is 0 Å². The smallest absolute Gasteiger partial charge is 0.330 e. The second kappa shape index (κ2) is 6.10. The van der Waals surface area contributed by atoms with E-state index < -0.39 is 0 Å². The molecule has 0 aromatic carbocycles. The molecule has 0 aliphatic heterocycles. The van der Waals surface area contributed by atoms with E-state index in [9.17, 15) is 9.59 Å². The Hall–Kier alpha value is -1.58. The van der Waals surface area contributed by atoms with Gasteiger partial charge in [-0.25, -0.2) is 9.59 Å². The van der Waals surface area contributed by atoms with Crippen LogP contribution in [0, 0.1) is 0 Å². The Morgan fingerprint density at radius 1 is 0.938 bits per heavy atom. The number of hydrogen-bond donors (Lipinski definition) is 0. The van der Waals surface area contributed by atoms with Gasteiger partial charge in [-0.3, -0.25) is 0 Å². The summed E-state index contributed by atoms with van der Waals surface area (Å²) < 4.78 is 10.2. The quantitative estimate of drug-likeness (QED) is 0.539. The van der Waals surface area contributed by atoms with Gasteiger partial charge in [0.05, 0.1) is 0 Å². The lowest BCUT2D eigenvalue weighted by Crippen LogP contribution is -2.43. The predicted molar refractivity (Wildman–Crippen MR) is 58.6 cm³/mol. The zero-order chi connectivity index (χ0) is 12.0. The Morgan fingerprint density at radius 3 is 1.56 bits per heavy atom. The summed E-state index contributed by atoms with van der Waals surface area (Å²) in [6, 6.07) is 0. The summed E-state index contributed by atoms with van der Waals surface area (Å²) in [5.41, 5.74) is 0. The fraction of sp³-hybridized carbons (Fsp3) is 0.500. The van der Waals surface area contributed by atoms with Crippen LogP contribution in [0.4, 0.5) is 0 Å².